The summed E-state index contributed by atoms with van der Waals surface area (Å²) in [5.74, 6) is 0.141. The van der Waals surface area contributed by atoms with Gasteiger partial charge < -0.3 is 10.2 Å². The number of piperidine rings is 1. The Morgan fingerprint density at radius 1 is 1.32 bits per heavy atom. The maximum atomic E-state index is 12.5. The number of aryl methyl sites for hydroxylation is 2. The van der Waals surface area contributed by atoms with E-state index in [0.29, 0.717) is 0 Å². The molecule has 1 aliphatic rings. The number of likely N-dealkylation sites (tertiary alicyclic amines) is 1. The molecule has 1 heterocycles. The van der Waals surface area contributed by atoms with E-state index in [9.17, 15) is 4.79 Å². The molecular weight excluding hydrogens is 236 g/mol. The number of nitrogens with zero attached hydrogens (tertiary/aromatic N) is 1. The highest BCUT2D eigenvalue weighted by Gasteiger charge is 2.36. The van der Waals surface area contributed by atoms with Gasteiger partial charge in [0.05, 0.1) is 5.41 Å². The predicted molar refractivity (Wildman–Crippen MR) is 79.4 cm³/mol. The average molecular weight is 260 g/mol. The lowest BCUT2D eigenvalue weighted by molar-refractivity contribution is -0.127. The first kappa shape index (κ1) is 14.1. The van der Waals surface area contributed by atoms with Gasteiger partial charge in [-0.05, 0) is 70.5 Å². The Labute approximate surface area is 116 Å². The number of rotatable bonds is 2. The quantitative estimate of drug-likeness (QED) is 0.886. The SMILES string of the molecule is Cc1ccc(NC(=O)C2(C)CCCN(C)C2)cc1C. The highest BCUT2D eigenvalue weighted by molar-refractivity contribution is 5.95. The molecule has 1 saturated heterocycles. The molecule has 1 aromatic rings. The monoisotopic (exact) mass is 260 g/mol. The molecule has 1 aliphatic heterocycles. The Balaban J connectivity index is 2.09. The second-order valence-corrected chi connectivity index (χ2v) is 6.16. The number of anilines is 1. The smallest absolute Gasteiger partial charge is 0.231 e. The van der Waals surface area contributed by atoms with Crippen LogP contribution in [0.2, 0.25) is 0 Å². The van der Waals surface area contributed by atoms with Gasteiger partial charge in [-0.2, -0.15) is 0 Å². The minimum Gasteiger partial charge on any atom is -0.326 e. The third-order valence-corrected chi connectivity index (χ3v) is 4.20. The zero-order chi connectivity index (χ0) is 14.0. The molecule has 3 nitrogen and oxygen atoms in total. The topological polar surface area (TPSA) is 32.3 Å². The van der Waals surface area contributed by atoms with E-state index in [1.165, 1.54) is 11.1 Å². The molecule has 104 valence electrons. The lowest BCUT2D eigenvalue weighted by atomic mass is 9.81. The Hall–Kier alpha value is -1.35. The lowest BCUT2D eigenvalue weighted by Crippen LogP contribution is -2.46. The van der Waals surface area contributed by atoms with Crippen molar-refractivity contribution in [3.63, 3.8) is 0 Å². The number of hydrogen-bond acceptors (Lipinski definition) is 2. The minimum atomic E-state index is -0.272. The maximum absolute atomic E-state index is 12.5. The highest BCUT2D eigenvalue weighted by atomic mass is 16.2. The van der Waals surface area contributed by atoms with Crippen LogP contribution in [-0.2, 0) is 4.79 Å². The fraction of sp³-hybridized carbons (Fsp3) is 0.562. The van der Waals surface area contributed by atoms with E-state index in [1.807, 2.05) is 12.1 Å². The van der Waals surface area contributed by atoms with E-state index in [4.69, 9.17) is 0 Å². The first-order chi connectivity index (χ1) is 8.90. The van der Waals surface area contributed by atoms with Gasteiger partial charge >= 0.3 is 0 Å². The van der Waals surface area contributed by atoms with E-state index in [-0.39, 0.29) is 11.3 Å². The molecule has 19 heavy (non-hydrogen) atoms. The Bertz CT molecular complexity index is 484. The number of nitrogens with one attached hydrogen (secondary N) is 1. The highest BCUT2D eigenvalue weighted by Crippen LogP contribution is 2.30. The standard InChI is InChI=1S/C16H24N2O/c1-12-6-7-14(10-13(12)2)17-15(19)16(3)8-5-9-18(4)11-16/h6-7,10H,5,8-9,11H2,1-4H3,(H,17,19). The first-order valence-corrected chi connectivity index (χ1v) is 6.98. The lowest BCUT2D eigenvalue weighted by Gasteiger charge is -2.37. The summed E-state index contributed by atoms with van der Waals surface area (Å²) in [5, 5.41) is 3.08. The van der Waals surface area contributed by atoms with Crippen LogP contribution >= 0.6 is 0 Å². The van der Waals surface area contributed by atoms with Crippen molar-refractivity contribution in [1.82, 2.24) is 4.90 Å². The molecule has 0 spiro atoms. The summed E-state index contributed by atoms with van der Waals surface area (Å²) >= 11 is 0. The molecule has 0 saturated carbocycles. The minimum absolute atomic E-state index is 0.141. The van der Waals surface area contributed by atoms with Gasteiger partial charge in [0.25, 0.3) is 0 Å². The summed E-state index contributed by atoms with van der Waals surface area (Å²) in [7, 11) is 2.08. The van der Waals surface area contributed by atoms with Gasteiger partial charge in [0.15, 0.2) is 0 Å². The molecule has 1 atom stereocenters. The van der Waals surface area contributed by atoms with Crippen molar-refractivity contribution in [3.8, 4) is 0 Å². The van der Waals surface area contributed by atoms with Crippen LogP contribution in [0.25, 0.3) is 0 Å². The van der Waals surface area contributed by atoms with Gasteiger partial charge in [-0.15, -0.1) is 0 Å². The van der Waals surface area contributed by atoms with Gasteiger partial charge in [-0.3, -0.25) is 4.79 Å². The molecule has 1 amide bonds. The van der Waals surface area contributed by atoms with E-state index < -0.39 is 0 Å². The molecule has 1 aromatic carbocycles. The van der Waals surface area contributed by atoms with E-state index in [0.717, 1.165) is 31.6 Å². The van der Waals surface area contributed by atoms with Crippen molar-refractivity contribution in [2.75, 3.05) is 25.5 Å². The molecular formula is C16H24N2O. The maximum Gasteiger partial charge on any atom is 0.231 e. The predicted octanol–water partition coefficient (Wildman–Crippen LogP) is 2.97. The van der Waals surface area contributed by atoms with Gasteiger partial charge in [-0.25, -0.2) is 0 Å². The van der Waals surface area contributed by atoms with Crippen LogP contribution in [-0.4, -0.2) is 30.9 Å². The van der Waals surface area contributed by atoms with Crippen LogP contribution < -0.4 is 5.32 Å². The van der Waals surface area contributed by atoms with Gasteiger partial charge in [0.2, 0.25) is 5.91 Å². The summed E-state index contributed by atoms with van der Waals surface area (Å²) in [6, 6.07) is 6.08. The van der Waals surface area contributed by atoms with E-state index in [2.05, 4.69) is 44.1 Å². The third-order valence-electron chi connectivity index (χ3n) is 4.20. The second-order valence-electron chi connectivity index (χ2n) is 6.16. The number of carbonyl (C=O) groups is 1. The van der Waals surface area contributed by atoms with Crippen LogP contribution in [0.15, 0.2) is 18.2 Å². The third kappa shape index (κ3) is 3.16. The van der Waals surface area contributed by atoms with Gasteiger partial charge in [-0.1, -0.05) is 6.07 Å². The van der Waals surface area contributed by atoms with Crippen LogP contribution in [0.5, 0.6) is 0 Å². The summed E-state index contributed by atoms with van der Waals surface area (Å²) in [6.07, 6.45) is 2.06. The van der Waals surface area contributed by atoms with E-state index >= 15 is 0 Å². The summed E-state index contributed by atoms with van der Waals surface area (Å²) < 4.78 is 0. The molecule has 1 fully saturated rings. The number of amides is 1. The van der Waals surface area contributed by atoms with Crippen molar-refractivity contribution in [2.24, 2.45) is 5.41 Å². The zero-order valence-corrected chi connectivity index (χ0v) is 12.4. The van der Waals surface area contributed by atoms with Crippen molar-refractivity contribution in [3.05, 3.63) is 29.3 Å². The fourth-order valence-corrected chi connectivity index (χ4v) is 2.78. The molecule has 0 radical (unpaired) electrons. The molecule has 0 aromatic heterocycles. The fourth-order valence-electron chi connectivity index (χ4n) is 2.78. The normalized spacial score (nSPS) is 24.2. The Kier molecular flexibility index (Phi) is 3.95. The van der Waals surface area contributed by atoms with Crippen LogP contribution in [0, 0.1) is 19.3 Å². The van der Waals surface area contributed by atoms with E-state index in [1.54, 1.807) is 0 Å². The largest absolute Gasteiger partial charge is 0.326 e. The summed E-state index contributed by atoms with van der Waals surface area (Å²) in [6.45, 7) is 8.15. The van der Waals surface area contributed by atoms with Crippen LogP contribution in [0.1, 0.15) is 30.9 Å². The molecule has 1 N–H and O–H groups in total. The van der Waals surface area contributed by atoms with Crippen molar-refractivity contribution < 1.29 is 4.79 Å². The Morgan fingerprint density at radius 3 is 2.68 bits per heavy atom. The van der Waals surface area contributed by atoms with Crippen molar-refractivity contribution in [1.29, 1.82) is 0 Å². The van der Waals surface area contributed by atoms with Crippen LogP contribution in [0.3, 0.4) is 0 Å². The summed E-state index contributed by atoms with van der Waals surface area (Å²) in [5.41, 5.74) is 3.10. The average Bonchev–Trinajstić information content (AvgIpc) is 2.33. The van der Waals surface area contributed by atoms with Crippen molar-refractivity contribution in [2.45, 2.75) is 33.6 Å². The number of hydrogen-bond donors (Lipinski definition) is 1. The molecule has 1 unspecified atom stereocenters. The van der Waals surface area contributed by atoms with Crippen LogP contribution in [0.4, 0.5) is 5.69 Å². The molecule has 3 heteroatoms. The number of benzene rings is 1. The number of carbonyl (C=O) groups excluding carboxylic acids is 1. The molecule has 2 rings (SSSR count). The molecule has 0 bridgehead atoms. The van der Waals surface area contributed by atoms with Gasteiger partial charge in [0.1, 0.15) is 0 Å². The second kappa shape index (κ2) is 5.33. The molecule has 0 aliphatic carbocycles. The van der Waals surface area contributed by atoms with Crippen molar-refractivity contribution >= 4 is 11.6 Å². The van der Waals surface area contributed by atoms with Gasteiger partial charge in [0, 0.05) is 12.2 Å². The zero-order valence-electron chi connectivity index (χ0n) is 12.4. The first-order valence-electron chi connectivity index (χ1n) is 6.98. The Morgan fingerprint density at radius 2 is 2.05 bits per heavy atom. The summed E-state index contributed by atoms with van der Waals surface area (Å²) in [4.78, 5) is 14.7.